The SMILES string of the molecule is CCn1cnnc1CNc1nnc(C)c(C)c1C(=O)O. The third-order valence-electron chi connectivity index (χ3n) is 3.12. The second-order valence-electron chi connectivity index (χ2n) is 4.33. The van der Waals surface area contributed by atoms with Crippen LogP contribution in [-0.2, 0) is 13.1 Å². The molecular weight excluding hydrogens is 260 g/mol. The van der Waals surface area contributed by atoms with Crippen LogP contribution in [0.5, 0.6) is 0 Å². The number of aromatic carboxylic acids is 1. The van der Waals surface area contributed by atoms with Gasteiger partial charge in [0, 0.05) is 6.54 Å². The quantitative estimate of drug-likeness (QED) is 0.839. The molecule has 0 aliphatic rings. The normalized spacial score (nSPS) is 10.6. The summed E-state index contributed by atoms with van der Waals surface area (Å²) in [6, 6.07) is 0. The average molecular weight is 276 g/mol. The van der Waals surface area contributed by atoms with E-state index < -0.39 is 5.97 Å². The van der Waals surface area contributed by atoms with Gasteiger partial charge in [0.1, 0.15) is 11.9 Å². The number of hydrogen-bond donors (Lipinski definition) is 2. The number of aryl methyl sites for hydroxylation is 2. The number of nitrogens with zero attached hydrogens (tertiary/aromatic N) is 5. The zero-order chi connectivity index (χ0) is 14.7. The van der Waals surface area contributed by atoms with Crippen molar-refractivity contribution in [3.05, 3.63) is 29.0 Å². The Morgan fingerprint density at radius 1 is 1.35 bits per heavy atom. The number of aromatic nitrogens is 5. The van der Waals surface area contributed by atoms with Crippen molar-refractivity contribution in [2.24, 2.45) is 0 Å². The van der Waals surface area contributed by atoms with Crippen molar-refractivity contribution >= 4 is 11.8 Å². The van der Waals surface area contributed by atoms with E-state index in [4.69, 9.17) is 0 Å². The minimum atomic E-state index is -1.03. The number of carboxylic acids is 1. The van der Waals surface area contributed by atoms with E-state index in [1.807, 2.05) is 11.5 Å². The van der Waals surface area contributed by atoms with E-state index in [-0.39, 0.29) is 11.4 Å². The van der Waals surface area contributed by atoms with E-state index in [1.54, 1.807) is 20.2 Å². The summed E-state index contributed by atoms with van der Waals surface area (Å²) < 4.78 is 1.86. The zero-order valence-corrected chi connectivity index (χ0v) is 11.6. The van der Waals surface area contributed by atoms with Crippen LogP contribution >= 0.6 is 0 Å². The number of carboxylic acid groups (broad SMARTS) is 1. The Morgan fingerprint density at radius 2 is 2.10 bits per heavy atom. The van der Waals surface area contributed by atoms with Crippen LogP contribution in [0.25, 0.3) is 0 Å². The molecule has 8 nitrogen and oxygen atoms in total. The lowest BCUT2D eigenvalue weighted by atomic mass is 10.1. The molecule has 0 bridgehead atoms. The Bertz CT molecular complexity index is 637. The van der Waals surface area contributed by atoms with E-state index in [0.717, 1.165) is 6.54 Å². The van der Waals surface area contributed by atoms with Crippen LogP contribution in [0.2, 0.25) is 0 Å². The highest BCUT2D eigenvalue weighted by Crippen LogP contribution is 2.18. The van der Waals surface area contributed by atoms with Crippen LogP contribution < -0.4 is 5.32 Å². The highest BCUT2D eigenvalue weighted by Gasteiger charge is 2.18. The molecule has 0 amide bonds. The second-order valence-corrected chi connectivity index (χ2v) is 4.33. The fourth-order valence-electron chi connectivity index (χ4n) is 1.84. The van der Waals surface area contributed by atoms with Crippen LogP contribution in [0.1, 0.15) is 34.4 Å². The number of rotatable bonds is 5. The van der Waals surface area contributed by atoms with Crippen LogP contribution in [0.4, 0.5) is 5.82 Å². The van der Waals surface area contributed by atoms with Crippen molar-refractivity contribution < 1.29 is 9.90 Å². The first kappa shape index (κ1) is 13.9. The predicted octanol–water partition coefficient (Wildman–Crippen LogP) is 1.02. The van der Waals surface area contributed by atoms with Crippen LogP contribution in [0.15, 0.2) is 6.33 Å². The summed E-state index contributed by atoms with van der Waals surface area (Å²) in [5.74, 6) is -0.0740. The summed E-state index contributed by atoms with van der Waals surface area (Å²) in [6.45, 7) is 6.50. The van der Waals surface area contributed by atoms with Gasteiger partial charge in [-0.25, -0.2) is 4.79 Å². The predicted molar refractivity (Wildman–Crippen MR) is 71.5 cm³/mol. The third-order valence-corrected chi connectivity index (χ3v) is 3.12. The highest BCUT2D eigenvalue weighted by atomic mass is 16.4. The molecule has 0 aliphatic heterocycles. The van der Waals surface area contributed by atoms with Crippen LogP contribution in [0.3, 0.4) is 0 Å². The lowest BCUT2D eigenvalue weighted by Crippen LogP contribution is -2.14. The Kier molecular flexibility index (Phi) is 3.92. The van der Waals surface area contributed by atoms with Gasteiger partial charge in [-0.3, -0.25) is 0 Å². The molecule has 0 unspecified atom stereocenters. The lowest BCUT2D eigenvalue weighted by molar-refractivity contribution is 0.0696. The van der Waals surface area contributed by atoms with Gasteiger partial charge in [-0.2, -0.15) is 5.10 Å². The monoisotopic (exact) mass is 276 g/mol. The van der Waals surface area contributed by atoms with Crippen molar-refractivity contribution in [2.75, 3.05) is 5.32 Å². The number of anilines is 1. The molecule has 0 radical (unpaired) electrons. The summed E-state index contributed by atoms with van der Waals surface area (Å²) in [5.41, 5.74) is 1.34. The maximum absolute atomic E-state index is 11.3. The zero-order valence-electron chi connectivity index (χ0n) is 11.6. The van der Waals surface area contributed by atoms with Gasteiger partial charge >= 0.3 is 5.97 Å². The number of carbonyl (C=O) groups is 1. The first-order valence-corrected chi connectivity index (χ1v) is 6.22. The third kappa shape index (κ3) is 2.58. The van der Waals surface area contributed by atoms with Crippen LogP contribution in [-0.4, -0.2) is 36.0 Å². The molecule has 2 aromatic heterocycles. The lowest BCUT2D eigenvalue weighted by Gasteiger charge is -2.11. The minimum Gasteiger partial charge on any atom is -0.478 e. The van der Waals surface area contributed by atoms with Gasteiger partial charge in [0.2, 0.25) is 0 Å². The average Bonchev–Trinajstić information content (AvgIpc) is 2.87. The molecule has 0 spiro atoms. The molecule has 2 aromatic rings. The molecule has 0 atom stereocenters. The van der Waals surface area contributed by atoms with Gasteiger partial charge < -0.3 is 15.0 Å². The molecular formula is C12H16N6O2. The molecule has 20 heavy (non-hydrogen) atoms. The second kappa shape index (κ2) is 5.64. The van der Waals surface area contributed by atoms with Gasteiger partial charge in [0.15, 0.2) is 11.6 Å². The van der Waals surface area contributed by atoms with E-state index in [0.29, 0.717) is 23.6 Å². The molecule has 0 fully saturated rings. The van der Waals surface area contributed by atoms with Gasteiger partial charge in [-0.1, -0.05) is 0 Å². The van der Waals surface area contributed by atoms with Crippen LogP contribution in [0, 0.1) is 13.8 Å². The maximum atomic E-state index is 11.3. The molecule has 0 aliphatic carbocycles. The molecule has 2 heterocycles. The molecule has 106 valence electrons. The Balaban J connectivity index is 2.26. The minimum absolute atomic E-state index is 0.139. The summed E-state index contributed by atoms with van der Waals surface area (Å²) in [5, 5.41) is 27.9. The van der Waals surface area contributed by atoms with Crippen molar-refractivity contribution in [1.29, 1.82) is 0 Å². The van der Waals surface area contributed by atoms with Crippen molar-refractivity contribution in [1.82, 2.24) is 25.0 Å². The van der Waals surface area contributed by atoms with E-state index in [1.165, 1.54) is 0 Å². The van der Waals surface area contributed by atoms with Gasteiger partial charge in [-0.05, 0) is 26.3 Å². The molecule has 0 saturated carbocycles. The Labute approximate surface area is 115 Å². The number of nitrogens with one attached hydrogen (secondary N) is 1. The van der Waals surface area contributed by atoms with E-state index in [9.17, 15) is 9.90 Å². The fraction of sp³-hybridized carbons (Fsp3) is 0.417. The van der Waals surface area contributed by atoms with Crippen molar-refractivity contribution in [3.63, 3.8) is 0 Å². The van der Waals surface area contributed by atoms with Gasteiger partial charge in [0.25, 0.3) is 0 Å². The first-order chi connectivity index (χ1) is 9.54. The van der Waals surface area contributed by atoms with Gasteiger partial charge in [0.05, 0.1) is 12.2 Å². The molecule has 0 aromatic carbocycles. The van der Waals surface area contributed by atoms with Crippen molar-refractivity contribution in [2.45, 2.75) is 33.9 Å². The fourth-order valence-corrected chi connectivity index (χ4v) is 1.84. The number of hydrogen-bond acceptors (Lipinski definition) is 6. The molecule has 2 N–H and O–H groups in total. The van der Waals surface area contributed by atoms with Crippen molar-refractivity contribution in [3.8, 4) is 0 Å². The maximum Gasteiger partial charge on any atom is 0.339 e. The summed E-state index contributed by atoms with van der Waals surface area (Å²) in [4.78, 5) is 11.3. The van der Waals surface area contributed by atoms with E-state index in [2.05, 4.69) is 25.7 Å². The summed E-state index contributed by atoms with van der Waals surface area (Å²) >= 11 is 0. The molecule has 0 saturated heterocycles. The Hall–Kier alpha value is -2.51. The summed E-state index contributed by atoms with van der Waals surface area (Å²) in [6.07, 6.45) is 1.63. The summed E-state index contributed by atoms with van der Waals surface area (Å²) in [7, 11) is 0. The topological polar surface area (TPSA) is 106 Å². The van der Waals surface area contributed by atoms with E-state index >= 15 is 0 Å². The highest BCUT2D eigenvalue weighted by molar-refractivity contribution is 5.94. The molecule has 2 rings (SSSR count). The standard InChI is InChI=1S/C12H16N6O2/c1-4-18-6-14-16-9(18)5-13-11-10(12(19)20)7(2)8(3)15-17-11/h6H,4-5H2,1-3H3,(H,13,17)(H,19,20). The molecule has 8 heteroatoms. The smallest absolute Gasteiger partial charge is 0.339 e. The Morgan fingerprint density at radius 3 is 2.75 bits per heavy atom. The van der Waals surface area contributed by atoms with Gasteiger partial charge in [-0.15, -0.1) is 15.3 Å². The first-order valence-electron chi connectivity index (χ1n) is 6.22. The largest absolute Gasteiger partial charge is 0.478 e.